The average Bonchev–Trinajstić information content (AvgIpc) is 2.46. The van der Waals surface area contributed by atoms with E-state index < -0.39 is 0 Å². The smallest absolute Gasteiger partial charge is 0.159 e. The number of Topliss-reactive ketones (excluding diaryl/α,β-unsaturated/α-hetero) is 1. The standard InChI is InChI=1S/C18H20O/c1-4-14-6-11-18(12-15(14)5-2)17-9-7-16(8-10-17)13(3)19/h6-12H,4-5H2,1-3H3. The normalized spacial score (nSPS) is 10.5. The Morgan fingerprint density at radius 2 is 1.42 bits per heavy atom. The minimum Gasteiger partial charge on any atom is -0.295 e. The third-order valence-electron chi connectivity index (χ3n) is 3.59. The summed E-state index contributed by atoms with van der Waals surface area (Å²) in [6.45, 7) is 5.98. The summed E-state index contributed by atoms with van der Waals surface area (Å²) < 4.78 is 0. The molecule has 0 aliphatic rings. The van der Waals surface area contributed by atoms with Gasteiger partial charge in [0.1, 0.15) is 0 Å². The summed E-state index contributed by atoms with van der Waals surface area (Å²) in [7, 11) is 0. The first-order valence-electron chi connectivity index (χ1n) is 6.88. The number of carbonyl (C=O) groups excluding carboxylic acids is 1. The van der Waals surface area contributed by atoms with Gasteiger partial charge >= 0.3 is 0 Å². The quantitative estimate of drug-likeness (QED) is 0.722. The maximum atomic E-state index is 11.3. The Balaban J connectivity index is 2.38. The van der Waals surface area contributed by atoms with E-state index in [-0.39, 0.29) is 5.78 Å². The minimum atomic E-state index is 0.113. The summed E-state index contributed by atoms with van der Waals surface area (Å²) in [5, 5.41) is 0. The zero-order valence-electron chi connectivity index (χ0n) is 11.9. The second-order valence-electron chi connectivity index (χ2n) is 4.82. The first-order chi connectivity index (χ1) is 9.15. The molecule has 19 heavy (non-hydrogen) atoms. The van der Waals surface area contributed by atoms with Crippen molar-refractivity contribution in [2.45, 2.75) is 33.6 Å². The lowest BCUT2D eigenvalue weighted by Gasteiger charge is -2.09. The Bertz CT molecular complexity index is 579. The van der Waals surface area contributed by atoms with Gasteiger partial charge in [-0.25, -0.2) is 0 Å². The summed E-state index contributed by atoms with van der Waals surface area (Å²) in [5.74, 6) is 0.113. The van der Waals surface area contributed by atoms with Crippen molar-refractivity contribution in [3.8, 4) is 11.1 Å². The molecule has 0 amide bonds. The molecule has 0 aliphatic carbocycles. The van der Waals surface area contributed by atoms with Crippen LogP contribution in [0.25, 0.3) is 11.1 Å². The van der Waals surface area contributed by atoms with Gasteiger partial charge in [-0.3, -0.25) is 4.79 Å². The van der Waals surface area contributed by atoms with Gasteiger partial charge in [-0.15, -0.1) is 0 Å². The van der Waals surface area contributed by atoms with E-state index in [1.165, 1.54) is 22.3 Å². The highest BCUT2D eigenvalue weighted by Crippen LogP contribution is 2.24. The monoisotopic (exact) mass is 252 g/mol. The van der Waals surface area contributed by atoms with Crippen molar-refractivity contribution in [2.24, 2.45) is 0 Å². The van der Waals surface area contributed by atoms with E-state index in [1.807, 2.05) is 24.3 Å². The van der Waals surface area contributed by atoms with E-state index in [4.69, 9.17) is 0 Å². The molecule has 2 rings (SSSR count). The molecule has 0 radical (unpaired) electrons. The molecule has 0 N–H and O–H groups in total. The number of benzene rings is 2. The number of hydrogen-bond acceptors (Lipinski definition) is 1. The van der Waals surface area contributed by atoms with E-state index in [9.17, 15) is 4.79 Å². The van der Waals surface area contributed by atoms with Gasteiger partial charge in [-0.05, 0) is 42.0 Å². The number of aryl methyl sites for hydroxylation is 2. The molecule has 1 nitrogen and oxygen atoms in total. The number of carbonyl (C=O) groups is 1. The van der Waals surface area contributed by atoms with Crippen LogP contribution in [0, 0.1) is 0 Å². The Morgan fingerprint density at radius 1 is 0.842 bits per heavy atom. The largest absolute Gasteiger partial charge is 0.295 e. The molecule has 2 aromatic carbocycles. The maximum Gasteiger partial charge on any atom is 0.159 e. The van der Waals surface area contributed by atoms with Crippen molar-refractivity contribution in [3.05, 3.63) is 59.2 Å². The average molecular weight is 252 g/mol. The first-order valence-corrected chi connectivity index (χ1v) is 6.88. The molecule has 0 aromatic heterocycles. The van der Waals surface area contributed by atoms with Crippen LogP contribution in [0.3, 0.4) is 0 Å². The third kappa shape index (κ3) is 2.93. The third-order valence-corrected chi connectivity index (χ3v) is 3.59. The van der Waals surface area contributed by atoms with Crippen molar-refractivity contribution in [3.63, 3.8) is 0 Å². The summed E-state index contributed by atoms with van der Waals surface area (Å²) >= 11 is 0. The van der Waals surface area contributed by atoms with Gasteiger partial charge in [0.15, 0.2) is 5.78 Å². The van der Waals surface area contributed by atoms with Gasteiger partial charge in [0.25, 0.3) is 0 Å². The van der Waals surface area contributed by atoms with Gasteiger partial charge in [0.2, 0.25) is 0 Å². The minimum absolute atomic E-state index is 0.113. The van der Waals surface area contributed by atoms with Gasteiger partial charge < -0.3 is 0 Å². The zero-order chi connectivity index (χ0) is 13.8. The second kappa shape index (κ2) is 5.83. The van der Waals surface area contributed by atoms with Crippen LogP contribution in [0.1, 0.15) is 42.3 Å². The van der Waals surface area contributed by atoms with Crippen molar-refractivity contribution < 1.29 is 4.79 Å². The Kier molecular flexibility index (Phi) is 4.16. The molecule has 0 saturated heterocycles. The topological polar surface area (TPSA) is 17.1 Å². The van der Waals surface area contributed by atoms with E-state index in [0.717, 1.165) is 18.4 Å². The number of rotatable bonds is 4. The molecule has 0 spiro atoms. The van der Waals surface area contributed by atoms with E-state index in [2.05, 4.69) is 32.0 Å². The molecule has 0 fully saturated rings. The highest BCUT2D eigenvalue weighted by molar-refractivity contribution is 5.94. The van der Waals surface area contributed by atoms with E-state index in [1.54, 1.807) is 6.92 Å². The molecule has 2 aromatic rings. The van der Waals surface area contributed by atoms with Crippen LogP contribution >= 0.6 is 0 Å². The van der Waals surface area contributed by atoms with Crippen LogP contribution in [0.4, 0.5) is 0 Å². The lowest BCUT2D eigenvalue weighted by Crippen LogP contribution is -1.93. The molecular formula is C18H20O. The van der Waals surface area contributed by atoms with Crippen LogP contribution in [0.15, 0.2) is 42.5 Å². The van der Waals surface area contributed by atoms with Crippen LogP contribution < -0.4 is 0 Å². The van der Waals surface area contributed by atoms with Crippen LogP contribution in [0.5, 0.6) is 0 Å². The molecule has 0 heterocycles. The fraction of sp³-hybridized carbons (Fsp3) is 0.278. The molecule has 0 saturated carbocycles. The molecule has 0 atom stereocenters. The second-order valence-corrected chi connectivity index (χ2v) is 4.82. The van der Waals surface area contributed by atoms with Crippen molar-refractivity contribution >= 4 is 5.78 Å². The van der Waals surface area contributed by atoms with Crippen molar-refractivity contribution in [2.75, 3.05) is 0 Å². The van der Waals surface area contributed by atoms with Gasteiger partial charge in [-0.2, -0.15) is 0 Å². The van der Waals surface area contributed by atoms with Gasteiger partial charge in [0, 0.05) is 5.56 Å². The first kappa shape index (κ1) is 13.5. The zero-order valence-corrected chi connectivity index (χ0v) is 11.9. The Hall–Kier alpha value is -1.89. The summed E-state index contributed by atoms with van der Waals surface area (Å²) in [6.07, 6.45) is 2.13. The van der Waals surface area contributed by atoms with Crippen LogP contribution in [-0.4, -0.2) is 5.78 Å². The number of hydrogen-bond donors (Lipinski definition) is 0. The van der Waals surface area contributed by atoms with E-state index in [0.29, 0.717) is 0 Å². The van der Waals surface area contributed by atoms with Crippen LogP contribution in [-0.2, 0) is 12.8 Å². The van der Waals surface area contributed by atoms with Crippen molar-refractivity contribution in [1.82, 2.24) is 0 Å². The highest BCUT2D eigenvalue weighted by Gasteiger charge is 2.04. The molecule has 98 valence electrons. The predicted octanol–water partition coefficient (Wildman–Crippen LogP) is 4.68. The Labute approximate surface area is 115 Å². The Morgan fingerprint density at radius 3 is 1.95 bits per heavy atom. The van der Waals surface area contributed by atoms with E-state index >= 15 is 0 Å². The highest BCUT2D eigenvalue weighted by atomic mass is 16.1. The lowest BCUT2D eigenvalue weighted by molar-refractivity contribution is 0.101. The summed E-state index contributed by atoms with van der Waals surface area (Å²) in [5.41, 5.74) is 6.00. The molecular weight excluding hydrogens is 232 g/mol. The molecule has 1 heteroatoms. The van der Waals surface area contributed by atoms with Gasteiger partial charge in [-0.1, -0.05) is 56.3 Å². The maximum absolute atomic E-state index is 11.3. The molecule has 0 aliphatic heterocycles. The molecule has 0 bridgehead atoms. The van der Waals surface area contributed by atoms with Gasteiger partial charge in [0.05, 0.1) is 0 Å². The SMILES string of the molecule is CCc1ccc(-c2ccc(C(C)=O)cc2)cc1CC. The van der Waals surface area contributed by atoms with Crippen LogP contribution in [0.2, 0.25) is 0 Å². The summed E-state index contributed by atoms with van der Waals surface area (Å²) in [4.78, 5) is 11.3. The molecule has 0 unspecified atom stereocenters. The number of ketones is 1. The van der Waals surface area contributed by atoms with Crippen molar-refractivity contribution in [1.29, 1.82) is 0 Å². The lowest BCUT2D eigenvalue weighted by atomic mass is 9.96. The summed E-state index contributed by atoms with van der Waals surface area (Å²) in [6, 6.07) is 14.5. The predicted molar refractivity (Wildman–Crippen MR) is 80.6 cm³/mol. The fourth-order valence-electron chi connectivity index (χ4n) is 2.38. The fourth-order valence-corrected chi connectivity index (χ4v) is 2.38.